The normalized spacial score (nSPS) is 13.8. The molecule has 124 valence electrons. The van der Waals surface area contributed by atoms with E-state index >= 15 is 0 Å². The van der Waals surface area contributed by atoms with E-state index in [1.807, 2.05) is 18.4 Å². The van der Waals surface area contributed by atoms with Gasteiger partial charge >= 0.3 is 5.97 Å². The highest BCUT2D eigenvalue weighted by atomic mass is 32.1. The standard InChI is InChI=1S/C18H18N2O3S/c1-12-19-13(11-24-12)8-9-17(21)20-10-4-6-14-15(18(22)23-2)5-3-7-16(14)20/h3,5,7-9,11H,4,6,10H2,1-2H3/b9-8+. The predicted molar refractivity (Wildman–Crippen MR) is 94.3 cm³/mol. The van der Waals surface area contributed by atoms with Crippen LogP contribution in [-0.2, 0) is 16.0 Å². The number of nitrogens with zero attached hydrogens (tertiary/aromatic N) is 2. The summed E-state index contributed by atoms with van der Waals surface area (Å²) >= 11 is 1.55. The number of ether oxygens (including phenoxy) is 1. The van der Waals surface area contributed by atoms with Crippen LogP contribution in [0.15, 0.2) is 29.7 Å². The van der Waals surface area contributed by atoms with E-state index in [0.29, 0.717) is 12.1 Å². The quantitative estimate of drug-likeness (QED) is 0.635. The van der Waals surface area contributed by atoms with Gasteiger partial charge in [-0.25, -0.2) is 9.78 Å². The molecular formula is C18H18N2O3S. The lowest BCUT2D eigenvalue weighted by molar-refractivity contribution is -0.114. The molecule has 1 amide bonds. The van der Waals surface area contributed by atoms with Gasteiger partial charge in [0, 0.05) is 23.7 Å². The van der Waals surface area contributed by atoms with Gasteiger partial charge in [-0.3, -0.25) is 4.79 Å². The Balaban J connectivity index is 1.88. The molecule has 0 saturated carbocycles. The van der Waals surface area contributed by atoms with Crippen molar-refractivity contribution in [3.63, 3.8) is 0 Å². The molecule has 0 radical (unpaired) electrons. The summed E-state index contributed by atoms with van der Waals surface area (Å²) < 4.78 is 4.84. The lowest BCUT2D eigenvalue weighted by Crippen LogP contribution is -2.34. The average molecular weight is 342 g/mol. The molecule has 0 unspecified atom stereocenters. The average Bonchev–Trinajstić information content (AvgIpc) is 3.03. The first kappa shape index (κ1) is 16.4. The Kier molecular flexibility index (Phi) is 4.76. The van der Waals surface area contributed by atoms with E-state index in [9.17, 15) is 9.59 Å². The zero-order valence-corrected chi connectivity index (χ0v) is 14.4. The van der Waals surface area contributed by atoms with Crippen molar-refractivity contribution in [1.82, 2.24) is 4.98 Å². The second-order valence-electron chi connectivity index (χ2n) is 5.51. The third-order valence-electron chi connectivity index (χ3n) is 3.96. The Morgan fingerprint density at radius 3 is 2.92 bits per heavy atom. The Bertz CT molecular complexity index is 810. The van der Waals surface area contributed by atoms with Gasteiger partial charge in [0.05, 0.1) is 23.4 Å². The minimum atomic E-state index is -0.366. The highest BCUT2D eigenvalue weighted by Gasteiger charge is 2.25. The van der Waals surface area contributed by atoms with Gasteiger partial charge < -0.3 is 9.64 Å². The fourth-order valence-electron chi connectivity index (χ4n) is 2.86. The van der Waals surface area contributed by atoms with Crippen LogP contribution >= 0.6 is 11.3 Å². The fraction of sp³-hybridized carbons (Fsp3) is 0.278. The first-order valence-corrected chi connectivity index (χ1v) is 8.60. The smallest absolute Gasteiger partial charge is 0.338 e. The molecule has 2 heterocycles. The van der Waals surface area contributed by atoms with E-state index in [2.05, 4.69) is 4.98 Å². The Morgan fingerprint density at radius 1 is 1.38 bits per heavy atom. The van der Waals surface area contributed by atoms with Gasteiger partial charge in [0.15, 0.2) is 0 Å². The molecular weight excluding hydrogens is 324 g/mol. The molecule has 0 aliphatic carbocycles. The van der Waals surface area contributed by atoms with E-state index in [1.165, 1.54) is 13.2 Å². The zero-order valence-electron chi connectivity index (χ0n) is 13.6. The van der Waals surface area contributed by atoms with Crippen LogP contribution in [0.4, 0.5) is 5.69 Å². The SMILES string of the molecule is COC(=O)c1cccc2c1CCCN2C(=O)/C=C/c1csc(C)n1. The molecule has 1 aliphatic heterocycles. The molecule has 5 nitrogen and oxygen atoms in total. The number of methoxy groups -OCH3 is 1. The maximum atomic E-state index is 12.6. The van der Waals surface area contributed by atoms with Gasteiger partial charge in [0.25, 0.3) is 5.91 Å². The Morgan fingerprint density at radius 2 is 2.21 bits per heavy atom. The number of amides is 1. The van der Waals surface area contributed by atoms with Gasteiger partial charge in [-0.05, 0) is 43.5 Å². The number of anilines is 1. The van der Waals surface area contributed by atoms with Crippen molar-refractivity contribution in [3.05, 3.63) is 51.5 Å². The number of benzene rings is 1. The van der Waals surface area contributed by atoms with Gasteiger partial charge in [0.2, 0.25) is 0 Å². The van der Waals surface area contributed by atoms with Gasteiger partial charge in [0.1, 0.15) is 0 Å². The van der Waals surface area contributed by atoms with Crippen molar-refractivity contribution in [2.45, 2.75) is 19.8 Å². The summed E-state index contributed by atoms with van der Waals surface area (Å²) in [7, 11) is 1.37. The highest BCUT2D eigenvalue weighted by Crippen LogP contribution is 2.30. The van der Waals surface area contributed by atoms with Crippen molar-refractivity contribution in [1.29, 1.82) is 0 Å². The van der Waals surface area contributed by atoms with Crippen LogP contribution in [0.1, 0.15) is 33.0 Å². The Labute approximate surface area is 144 Å². The van der Waals surface area contributed by atoms with E-state index < -0.39 is 0 Å². The molecule has 24 heavy (non-hydrogen) atoms. The van der Waals surface area contributed by atoms with Gasteiger partial charge in [-0.2, -0.15) is 0 Å². The molecule has 6 heteroatoms. The molecule has 0 fully saturated rings. The van der Waals surface area contributed by atoms with Crippen molar-refractivity contribution < 1.29 is 14.3 Å². The van der Waals surface area contributed by atoms with Crippen LogP contribution < -0.4 is 4.90 Å². The third kappa shape index (κ3) is 3.23. The zero-order chi connectivity index (χ0) is 17.1. The summed E-state index contributed by atoms with van der Waals surface area (Å²) in [5, 5.41) is 2.88. The number of aromatic nitrogens is 1. The van der Waals surface area contributed by atoms with E-state index in [1.54, 1.807) is 34.4 Å². The van der Waals surface area contributed by atoms with Crippen molar-refractivity contribution in [2.75, 3.05) is 18.6 Å². The topological polar surface area (TPSA) is 59.5 Å². The fourth-order valence-corrected chi connectivity index (χ4v) is 3.44. The summed E-state index contributed by atoms with van der Waals surface area (Å²) in [4.78, 5) is 30.5. The second-order valence-corrected chi connectivity index (χ2v) is 6.58. The van der Waals surface area contributed by atoms with Crippen LogP contribution in [0.2, 0.25) is 0 Å². The molecule has 3 rings (SSSR count). The second kappa shape index (κ2) is 6.97. The summed E-state index contributed by atoms with van der Waals surface area (Å²) in [6, 6.07) is 5.40. The van der Waals surface area contributed by atoms with Crippen LogP contribution in [0.25, 0.3) is 6.08 Å². The number of hydrogen-bond donors (Lipinski definition) is 0. The van der Waals surface area contributed by atoms with Crippen LogP contribution in [0.3, 0.4) is 0 Å². The number of esters is 1. The number of aryl methyl sites for hydroxylation is 1. The lowest BCUT2D eigenvalue weighted by Gasteiger charge is -2.29. The number of rotatable bonds is 3. The third-order valence-corrected chi connectivity index (χ3v) is 4.75. The minimum absolute atomic E-state index is 0.108. The number of fused-ring (bicyclic) bond motifs is 1. The van der Waals surface area contributed by atoms with Gasteiger partial charge in [-0.15, -0.1) is 11.3 Å². The summed E-state index contributed by atoms with van der Waals surface area (Å²) in [6.07, 6.45) is 4.84. The molecule has 0 N–H and O–H groups in total. The first-order valence-electron chi connectivity index (χ1n) is 7.72. The molecule has 1 aromatic heterocycles. The summed E-state index contributed by atoms with van der Waals surface area (Å²) in [5.41, 5.74) is 2.98. The number of carbonyl (C=O) groups excluding carboxylic acids is 2. The maximum Gasteiger partial charge on any atom is 0.338 e. The molecule has 0 spiro atoms. The predicted octanol–water partition coefficient (Wildman–Crippen LogP) is 3.23. The number of hydrogen-bond acceptors (Lipinski definition) is 5. The van der Waals surface area contributed by atoms with E-state index in [0.717, 1.165) is 34.8 Å². The number of thiazole rings is 1. The largest absolute Gasteiger partial charge is 0.465 e. The molecule has 1 aliphatic rings. The van der Waals surface area contributed by atoms with Gasteiger partial charge in [-0.1, -0.05) is 6.07 Å². The van der Waals surface area contributed by atoms with Crippen molar-refractivity contribution in [3.8, 4) is 0 Å². The van der Waals surface area contributed by atoms with Crippen molar-refractivity contribution >= 4 is 35.0 Å². The molecule has 0 atom stereocenters. The van der Waals surface area contributed by atoms with Crippen molar-refractivity contribution in [2.24, 2.45) is 0 Å². The van der Waals surface area contributed by atoms with Crippen LogP contribution in [0, 0.1) is 6.92 Å². The molecule has 0 saturated heterocycles. The lowest BCUT2D eigenvalue weighted by atomic mass is 9.96. The molecule has 1 aromatic carbocycles. The van der Waals surface area contributed by atoms with Crippen LogP contribution in [0.5, 0.6) is 0 Å². The molecule has 2 aromatic rings. The summed E-state index contributed by atoms with van der Waals surface area (Å²) in [5.74, 6) is -0.474. The van der Waals surface area contributed by atoms with E-state index in [-0.39, 0.29) is 11.9 Å². The monoisotopic (exact) mass is 342 g/mol. The molecule has 0 bridgehead atoms. The summed E-state index contributed by atoms with van der Waals surface area (Å²) in [6.45, 7) is 2.57. The minimum Gasteiger partial charge on any atom is -0.465 e. The number of carbonyl (C=O) groups is 2. The highest BCUT2D eigenvalue weighted by molar-refractivity contribution is 7.09. The Hall–Kier alpha value is -2.47. The van der Waals surface area contributed by atoms with Crippen LogP contribution in [-0.4, -0.2) is 30.5 Å². The first-order chi connectivity index (χ1) is 11.6. The van der Waals surface area contributed by atoms with E-state index in [4.69, 9.17) is 4.74 Å². The maximum absolute atomic E-state index is 12.6.